The van der Waals surface area contributed by atoms with Crippen LogP contribution in [0.15, 0.2) is 30.9 Å². The lowest BCUT2D eigenvalue weighted by molar-refractivity contribution is 0.670. The third kappa shape index (κ3) is 3.63. The van der Waals surface area contributed by atoms with E-state index >= 15 is 0 Å². The highest BCUT2D eigenvalue weighted by Crippen LogP contribution is 2.27. The van der Waals surface area contributed by atoms with Gasteiger partial charge in [0.15, 0.2) is 0 Å². The number of nitrogens with zero attached hydrogens (tertiary/aromatic N) is 2. The van der Waals surface area contributed by atoms with Gasteiger partial charge < -0.3 is 0 Å². The van der Waals surface area contributed by atoms with Crippen molar-refractivity contribution in [2.75, 3.05) is 0 Å². The molecule has 0 saturated heterocycles. The zero-order valence-corrected chi connectivity index (χ0v) is 11.0. The van der Waals surface area contributed by atoms with Crippen LogP contribution in [0.1, 0.15) is 37.5 Å². The molecule has 90 valence electrons. The van der Waals surface area contributed by atoms with Crippen molar-refractivity contribution in [1.29, 1.82) is 0 Å². The van der Waals surface area contributed by atoms with Crippen LogP contribution in [0.4, 0.5) is 0 Å². The molecule has 2 rings (SSSR count). The van der Waals surface area contributed by atoms with Crippen molar-refractivity contribution >= 4 is 11.3 Å². The van der Waals surface area contributed by atoms with Crippen molar-refractivity contribution < 1.29 is 0 Å². The van der Waals surface area contributed by atoms with Crippen LogP contribution in [0, 0.1) is 0 Å². The van der Waals surface area contributed by atoms with Gasteiger partial charge in [0.2, 0.25) is 0 Å². The summed E-state index contributed by atoms with van der Waals surface area (Å²) in [5, 5.41) is 0. The van der Waals surface area contributed by atoms with Crippen molar-refractivity contribution in [3.8, 4) is 10.4 Å². The van der Waals surface area contributed by atoms with E-state index in [1.165, 1.54) is 41.9 Å². The Kier molecular flexibility index (Phi) is 4.68. The van der Waals surface area contributed by atoms with Crippen LogP contribution in [0.3, 0.4) is 0 Å². The van der Waals surface area contributed by atoms with Crippen LogP contribution < -0.4 is 0 Å². The molecule has 0 aromatic carbocycles. The summed E-state index contributed by atoms with van der Waals surface area (Å²) in [6.45, 7) is 2.25. The standard InChI is InChI=1S/C14H18N2S/c1-2-3-4-5-6-13-7-8-14(17-13)12-9-15-11-16-10-12/h7-11H,2-6H2,1H3. The molecule has 0 unspecified atom stereocenters. The number of aromatic nitrogens is 2. The first kappa shape index (κ1) is 12.2. The molecular weight excluding hydrogens is 228 g/mol. The number of rotatable bonds is 6. The van der Waals surface area contributed by atoms with Crippen LogP contribution in [0.5, 0.6) is 0 Å². The van der Waals surface area contributed by atoms with Gasteiger partial charge >= 0.3 is 0 Å². The Morgan fingerprint density at radius 1 is 1.06 bits per heavy atom. The van der Waals surface area contributed by atoms with Gasteiger partial charge in [-0.1, -0.05) is 26.2 Å². The third-order valence-corrected chi connectivity index (χ3v) is 3.98. The first-order chi connectivity index (χ1) is 8.40. The largest absolute Gasteiger partial charge is 0.244 e. The molecule has 2 heterocycles. The third-order valence-electron chi connectivity index (χ3n) is 2.78. The van der Waals surface area contributed by atoms with Gasteiger partial charge in [-0.3, -0.25) is 0 Å². The van der Waals surface area contributed by atoms with Gasteiger partial charge in [-0.15, -0.1) is 11.3 Å². The second kappa shape index (κ2) is 6.50. The fraction of sp³-hybridized carbons (Fsp3) is 0.429. The molecule has 3 heteroatoms. The topological polar surface area (TPSA) is 25.8 Å². The minimum atomic E-state index is 1.12. The van der Waals surface area contributed by atoms with E-state index in [1.54, 1.807) is 6.33 Å². The van der Waals surface area contributed by atoms with Crippen molar-refractivity contribution in [3.63, 3.8) is 0 Å². The lowest BCUT2D eigenvalue weighted by Gasteiger charge is -1.97. The normalized spacial score (nSPS) is 10.6. The Morgan fingerprint density at radius 3 is 2.65 bits per heavy atom. The van der Waals surface area contributed by atoms with Crippen molar-refractivity contribution in [3.05, 3.63) is 35.7 Å². The maximum Gasteiger partial charge on any atom is 0.115 e. The fourth-order valence-corrected chi connectivity index (χ4v) is 2.84. The van der Waals surface area contributed by atoms with Crippen molar-refractivity contribution in [1.82, 2.24) is 9.97 Å². The molecule has 0 atom stereocenters. The second-order valence-electron chi connectivity index (χ2n) is 4.20. The molecule has 2 aromatic rings. The van der Waals surface area contributed by atoms with Gasteiger partial charge in [0.05, 0.1) is 0 Å². The van der Waals surface area contributed by atoms with E-state index in [0.717, 1.165) is 5.56 Å². The van der Waals surface area contributed by atoms with Gasteiger partial charge in [-0.2, -0.15) is 0 Å². The van der Waals surface area contributed by atoms with Gasteiger partial charge in [-0.05, 0) is 25.0 Å². The van der Waals surface area contributed by atoms with Gasteiger partial charge in [0.25, 0.3) is 0 Å². The highest BCUT2D eigenvalue weighted by molar-refractivity contribution is 7.15. The summed E-state index contributed by atoms with van der Waals surface area (Å²) in [6, 6.07) is 4.41. The average molecular weight is 246 g/mol. The fourth-order valence-electron chi connectivity index (χ4n) is 1.82. The predicted octanol–water partition coefficient (Wildman–Crippen LogP) is 4.33. The Balaban J connectivity index is 1.92. The summed E-state index contributed by atoms with van der Waals surface area (Å²) in [5.74, 6) is 0. The molecule has 2 nitrogen and oxygen atoms in total. The van der Waals surface area contributed by atoms with Crippen LogP contribution in [0.25, 0.3) is 10.4 Å². The maximum atomic E-state index is 4.05. The quantitative estimate of drug-likeness (QED) is 0.709. The summed E-state index contributed by atoms with van der Waals surface area (Å²) >= 11 is 1.86. The van der Waals surface area contributed by atoms with Gasteiger partial charge in [-0.25, -0.2) is 9.97 Å². The van der Waals surface area contributed by atoms with Gasteiger partial charge in [0.1, 0.15) is 6.33 Å². The molecule has 0 aliphatic heterocycles. The summed E-state index contributed by atoms with van der Waals surface area (Å²) < 4.78 is 0. The second-order valence-corrected chi connectivity index (χ2v) is 5.37. The molecule has 0 N–H and O–H groups in total. The smallest absolute Gasteiger partial charge is 0.115 e. The van der Waals surface area contributed by atoms with E-state index < -0.39 is 0 Å². The lowest BCUT2D eigenvalue weighted by atomic mass is 10.1. The van der Waals surface area contributed by atoms with E-state index in [2.05, 4.69) is 29.0 Å². The van der Waals surface area contributed by atoms with Gasteiger partial charge in [0, 0.05) is 27.7 Å². The van der Waals surface area contributed by atoms with E-state index in [9.17, 15) is 0 Å². The average Bonchev–Trinajstić information content (AvgIpc) is 2.85. The zero-order valence-electron chi connectivity index (χ0n) is 10.2. The van der Waals surface area contributed by atoms with Crippen LogP contribution in [-0.2, 0) is 6.42 Å². The Morgan fingerprint density at radius 2 is 1.88 bits per heavy atom. The molecule has 2 aromatic heterocycles. The molecule has 0 saturated carbocycles. The Hall–Kier alpha value is -1.22. The summed E-state index contributed by atoms with van der Waals surface area (Å²) in [6.07, 6.45) is 11.8. The number of hydrogen-bond donors (Lipinski definition) is 0. The lowest BCUT2D eigenvalue weighted by Crippen LogP contribution is -1.80. The molecule has 0 aliphatic rings. The first-order valence-electron chi connectivity index (χ1n) is 6.24. The summed E-state index contributed by atoms with van der Waals surface area (Å²) in [5.41, 5.74) is 1.12. The highest BCUT2D eigenvalue weighted by Gasteiger charge is 2.02. The van der Waals surface area contributed by atoms with Crippen LogP contribution in [0.2, 0.25) is 0 Å². The number of hydrogen-bond acceptors (Lipinski definition) is 3. The van der Waals surface area contributed by atoms with Crippen molar-refractivity contribution in [2.45, 2.75) is 39.0 Å². The highest BCUT2D eigenvalue weighted by atomic mass is 32.1. The molecule has 0 aliphatic carbocycles. The van der Waals surface area contributed by atoms with E-state index in [0.29, 0.717) is 0 Å². The van der Waals surface area contributed by atoms with E-state index in [1.807, 2.05) is 23.7 Å². The molecule has 0 spiro atoms. The SMILES string of the molecule is CCCCCCc1ccc(-c2cncnc2)s1. The van der Waals surface area contributed by atoms with Crippen molar-refractivity contribution in [2.24, 2.45) is 0 Å². The predicted molar refractivity (Wildman–Crippen MR) is 73.2 cm³/mol. The Labute approximate surface area is 107 Å². The molecule has 17 heavy (non-hydrogen) atoms. The maximum absolute atomic E-state index is 4.05. The minimum absolute atomic E-state index is 1.12. The van der Waals surface area contributed by atoms with E-state index in [-0.39, 0.29) is 0 Å². The zero-order chi connectivity index (χ0) is 11.9. The molecule has 0 amide bonds. The number of thiophene rings is 1. The first-order valence-corrected chi connectivity index (χ1v) is 7.06. The molecular formula is C14H18N2S. The van der Waals surface area contributed by atoms with Crippen LogP contribution >= 0.6 is 11.3 Å². The molecule has 0 bridgehead atoms. The monoisotopic (exact) mass is 246 g/mol. The molecule has 0 fully saturated rings. The molecule has 0 radical (unpaired) electrons. The summed E-state index contributed by atoms with van der Waals surface area (Å²) in [7, 11) is 0. The summed E-state index contributed by atoms with van der Waals surface area (Å²) in [4.78, 5) is 10.9. The minimum Gasteiger partial charge on any atom is -0.244 e. The van der Waals surface area contributed by atoms with E-state index in [4.69, 9.17) is 0 Å². The van der Waals surface area contributed by atoms with Crippen LogP contribution in [-0.4, -0.2) is 9.97 Å². The number of aryl methyl sites for hydroxylation is 1. The number of unbranched alkanes of at least 4 members (excludes halogenated alkanes) is 3. The Bertz CT molecular complexity index is 436.